The van der Waals surface area contributed by atoms with E-state index in [1.54, 1.807) is 6.08 Å². The number of hydrogen-bond donors (Lipinski definition) is 1. The molecule has 0 unspecified atom stereocenters. The van der Waals surface area contributed by atoms with Crippen LogP contribution in [0.4, 0.5) is 0 Å². The molecule has 1 aliphatic rings. The van der Waals surface area contributed by atoms with E-state index >= 15 is 0 Å². The maximum atomic E-state index is 14.4. The molecule has 1 aliphatic heterocycles. The Morgan fingerprint density at radius 1 is 0.862 bits per heavy atom. The zero-order chi connectivity index (χ0) is 20.3. The quantitative estimate of drug-likeness (QED) is 0.499. The minimum atomic E-state index is -3.20. The Bertz CT molecular complexity index is 1020. The van der Waals surface area contributed by atoms with Crippen LogP contribution >= 0.6 is 7.29 Å². The van der Waals surface area contributed by atoms with Gasteiger partial charge in [-0.1, -0.05) is 66.2 Å². The van der Waals surface area contributed by atoms with Crippen LogP contribution in [0.2, 0.25) is 0 Å². The zero-order valence-electron chi connectivity index (χ0n) is 16.1. The first kappa shape index (κ1) is 19.4. The van der Waals surface area contributed by atoms with Crippen LogP contribution in [0.3, 0.4) is 0 Å². The zero-order valence-corrected chi connectivity index (χ0v) is 17.0. The highest BCUT2D eigenvalue weighted by Gasteiger charge is 2.36. The van der Waals surface area contributed by atoms with Gasteiger partial charge in [0.25, 0.3) is 0 Å². The Labute approximate surface area is 170 Å². The molecule has 0 aromatic heterocycles. The monoisotopic (exact) mass is 403 g/mol. The summed E-state index contributed by atoms with van der Waals surface area (Å²) in [5.41, 5.74) is 2.03. The normalized spacial score (nSPS) is 17.1. The molecular formula is C24H22NO3P. The number of esters is 1. The van der Waals surface area contributed by atoms with Gasteiger partial charge in [0.1, 0.15) is 6.10 Å². The number of aryl methyl sites for hydroxylation is 1. The van der Waals surface area contributed by atoms with Crippen molar-refractivity contribution in [2.24, 2.45) is 0 Å². The Morgan fingerprint density at radius 3 is 1.90 bits per heavy atom. The van der Waals surface area contributed by atoms with E-state index in [4.69, 9.17) is 4.74 Å². The van der Waals surface area contributed by atoms with Crippen LogP contribution in [0.25, 0.3) is 0 Å². The van der Waals surface area contributed by atoms with Crippen molar-refractivity contribution in [2.45, 2.75) is 19.1 Å². The minimum Gasteiger partial charge on any atom is -0.453 e. The van der Waals surface area contributed by atoms with E-state index in [-0.39, 0.29) is 5.97 Å². The molecule has 2 atom stereocenters. The fourth-order valence-electron chi connectivity index (χ4n) is 3.45. The maximum Gasteiger partial charge on any atom is 0.331 e. The average Bonchev–Trinajstić information content (AvgIpc) is 3.20. The fraction of sp³-hybridized carbons (Fsp3) is 0.125. The molecule has 1 N–H and O–H groups in total. The van der Waals surface area contributed by atoms with E-state index in [1.165, 1.54) is 6.08 Å². The van der Waals surface area contributed by atoms with Crippen molar-refractivity contribution in [1.29, 1.82) is 0 Å². The second-order valence-corrected chi connectivity index (χ2v) is 9.57. The van der Waals surface area contributed by atoms with Crippen LogP contribution in [-0.2, 0) is 14.1 Å². The predicted octanol–water partition coefficient (Wildman–Crippen LogP) is 4.04. The van der Waals surface area contributed by atoms with E-state index in [2.05, 4.69) is 5.09 Å². The summed E-state index contributed by atoms with van der Waals surface area (Å²) in [6.07, 6.45) is 2.61. The van der Waals surface area contributed by atoms with Gasteiger partial charge in [0.2, 0.25) is 7.29 Å². The van der Waals surface area contributed by atoms with Gasteiger partial charge < -0.3 is 4.74 Å². The smallest absolute Gasteiger partial charge is 0.331 e. The minimum absolute atomic E-state index is 0.386. The number of cyclic esters (lactones) is 1. The van der Waals surface area contributed by atoms with E-state index < -0.39 is 19.4 Å². The fourth-order valence-corrected chi connectivity index (χ4v) is 5.91. The third-order valence-electron chi connectivity index (χ3n) is 5.00. The highest BCUT2D eigenvalue weighted by atomic mass is 31.2. The third-order valence-corrected chi connectivity index (χ3v) is 7.69. The molecule has 4 nitrogen and oxygen atoms in total. The van der Waals surface area contributed by atoms with Crippen LogP contribution in [0, 0.1) is 6.92 Å². The van der Waals surface area contributed by atoms with Crippen LogP contribution in [0.5, 0.6) is 0 Å². The van der Waals surface area contributed by atoms with Gasteiger partial charge in [-0.05, 0) is 42.8 Å². The lowest BCUT2D eigenvalue weighted by Crippen LogP contribution is -2.36. The maximum absolute atomic E-state index is 14.4. The van der Waals surface area contributed by atoms with Crippen LogP contribution < -0.4 is 15.7 Å². The van der Waals surface area contributed by atoms with Crippen molar-refractivity contribution in [3.8, 4) is 0 Å². The number of carbonyl (C=O) groups excluding carboxylic acids is 1. The van der Waals surface area contributed by atoms with Gasteiger partial charge in [0, 0.05) is 16.7 Å². The molecule has 5 heteroatoms. The van der Waals surface area contributed by atoms with Gasteiger partial charge in [0.05, 0.1) is 6.04 Å². The summed E-state index contributed by atoms with van der Waals surface area (Å²) in [5.74, 6) is -0.386. The summed E-state index contributed by atoms with van der Waals surface area (Å²) in [5, 5.41) is 4.80. The molecular weight excluding hydrogens is 381 g/mol. The van der Waals surface area contributed by atoms with Crippen molar-refractivity contribution >= 4 is 23.9 Å². The molecule has 29 heavy (non-hydrogen) atoms. The average molecular weight is 403 g/mol. The Hall–Kier alpha value is -2.94. The number of nitrogens with one attached hydrogen (secondary N) is 1. The van der Waals surface area contributed by atoms with Gasteiger partial charge in [-0.2, -0.15) is 0 Å². The lowest BCUT2D eigenvalue weighted by atomic mass is 10.0. The summed E-state index contributed by atoms with van der Waals surface area (Å²) in [4.78, 5) is 11.7. The summed E-state index contributed by atoms with van der Waals surface area (Å²) >= 11 is 0. The number of rotatable bonds is 6. The molecule has 0 saturated heterocycles. The molecule has 4 rings (SSSR count). The van der Waals surface area contributed by atoms with E-state index in [9.17, 15) is 9.36 Å². The standard InChI is InChI=1S/C24H22NO3P/c1-18-12-14-19(15-13-18)24(22-16-17-23(26)28-22)25-29(27,20-8-4-2-5-9-20)21-10-6-3-7-11-21/h2-17,22,24H,1H3,(H,25,27)/t22-,24+/m1/s1. The number of ether oxygens (including phenoxy) is 1. The molecule has 3 aromatic carbocycles. The van der Waals surface area contributed by atoms with E-state index in [1.807, 2.05) is 91.9 Å². The molecule has 146 valence electrons. The Balaban J connectivity index is 1.80. The predicted molar refractivity (Wildman–Crippen MR) is 116 cm³/mol. The van der Waals surface area contributed by atoms with Crippen molar-refractivity contribution in [1.82, 2.24) is 5.09 Å². The third kappa shape index (κ3) is 4.09. The van der Waals surface area contributed by atoms with Crippen molar-refractivity contribution in [3.05, 3.63) is 108 Å². The lowest BCUT2D eigenvalue weighted by Gasteiger charge is -2.30. The number of hydrogen-bond acceptors (Lipinski definition) is 3. The van der Waals surface area contributed by atoms with Crippen molar-refractivity contribution < 1.29 is 14.1 Å². The molecule has 0 radical (unpaired) electrons. The highest BCUT2D eigenvalue weighted by molar-refractivity contribution is 7.76. The summed E-state index contributed by atoms with van der Waals surface area (Å²) in [6.45, 7) is 2.01. The SMILES string of the molecule is Cc1ccc([C@H](NP(=O)(c2ccccc2)c2ccccc2)[C@H]2C=CC(=O)O2)cc1. The molecule has 0 fully saturated rings. The Morgan fingerprint density at radius 2 is 1.41 bits per heavy atom. The van der Waals surface area contributed by atoms with E-state index in [0.29, 0.717) is 10.6 Å². The van der Waals surface area contributed by atoms with E-state index in [0.717, 1.165) is 11.1 Å². The number of carbonyl (C=O) groups is 1. The van der Waals surface area contributed by atoms with Gasteiger partial charge in [-0.25, -0.2) is 9.88 Å². The second-order valence-electron chi connectivity index (χ2n) is 7.06. The first-order valence-electron chi connectivity index (χ1n) is 9.51. The largest absolute Gasteiger partial charge is 0.453 e. The van der Waals surface area contributed by atoms with Gasteiger partial charge in [-0.3, -0.25) is 4.57 Å². The molecule has 0 amide bonds. The molecule has 0 bridgehead atoms. The molecule has 0 aliphatic carbocycles. The molecule has 1 heterocycles. The summed E-state index contributed by atoms with van der Waals surface area (Å²) < 4.78 is 19.9. The first-order chi connectivity index (χ1) is 14.1. The van der Waals surface area contributed by atoms with Crippen LogP contribution in [0.1, 0.15) is 17.2 Å². The Kier molecular flexibility index (Phi) is 5.48. The summed E-state index contributed by atoms with van der Waals surface area (Å²) in [7, 11) is -3.20. The van der Waals surface area contributed by atoms with Crippen LogP contribution in [-0.4, -0.2) is 12.1 Å². The second kappa shape index (κ2) is 8.20. The van der Waals surface area contributed by atoms with Gasteiger partial charge in [-0.15, -0.1) is 0 Å². The number of benzene rings is 3. The summed E-state index contributed by atoms with van der Waals surface area (Å²) in [6, 6.07) is 26.3. The first-order valence-corrected chi connectivity index (χ1v) is 11.2. The highest BCUT2D eigenvalue weighted by Crippen LogP contribution is 2.43. The molecule has 0 spiro atoms. The van der Waals surface area contributed by atoms with Crippen molar-refractivity contribution in [3.63, 3.8) is 0 Å². The van der Waals surface area contributed by atoms with Gasteiger partial charge >= 0.3 is 5.97 Å². The van der Waals surface area contributed by atoms with Gasteiger partial charge in [0.15, 0.2) is 0 Å². The topological polar surface area (TPSA) is 55.4 Å². The molecule has 0 saturated carbocycles. The molecule has 3 aromatic rings. The lowest BCUT2D eigenvalue weighted by molar-refractivity contribution is -0.139. The van der Waals surface area contributed by atoms with Crippen molar-refractivity contribution in [2.75, 3.05) is 0 Å². The van der Waals surface area contributed by atoms with Crippen LogP contribution in [0.15, 0.2) is 97.1 Å².